The summed E-state index contributed by atoms with van der Waals surface area (Å²) >= 11 is 0. The summed E-state index contributed by atoms with van der Waals surface area (Å²) < 4.78 is 32.1. The summed E-state index contributed by atoms with van der Waals surface area (Å²) in [5.74, 6) is 0. The number of rotatable bonds is 1. The van der Waals surface area contributed by atoms with Crippen LogP contribution in [0.5, 0.6) is 0 Å². The zero-order valence-electron chi connectivity index (χ0n) is 7.79. The molecule has 0 atom stereocenters. The molecule has 1 aromatic carbocycles. The Morgan fingerprint density at radius 2 is 1.46 bits per heavy atom. The van der Waals surface area contributed by atoms with Gasteiger partial charge in [-0.05, 0) is 49.6 Å². The Balaban J connectivity index is 3.47. The number of aryl methyl sites for hydroxylation is 2. The van der Waals surface area contributed by atoms with Crippen molar-refractivity contribution in [1.29, 1.82) is 0 Å². The lowest BCUT2D eigenvalue weighted by Crippen LogP contribution is -2.00. The minimum Gasteiger partial charge on any atom is -0.744 e. The molecule has 0 fully saturated rings. The van der Waals surface area contributed by atoms with Gasteiger partial charge in [-0.3, -0.25) is 0 Å². The summed E-state index contributed by atoms with van der Waals surface area (Å²) in [4.78, 5) is -0.145. The predicted octanol–water partition coefficient (Wildman–Crippen LogP) is 1.52. The van der Waals surface area contributed by atoms with E-state index in [0.29, 0.717) is 0 Å². The van der Waals surface area contributed by atoms with Crippen LogP contribution in [-0.4, -0.2) is 13.0 Å². The number of hydrogen-bond donors (Lipinski definition) is 0. The molecule has 1 rings (SSSR count). The van der Waals surface area contributed by atoms with Gasteiger partial charge in [-0.15, -0.1) is 0 Å². The van der Waals surface area contributed by atoms with Gasteiger partial charge in [-0.2, -0.15) is 0 Å². The molecule has 0 bridgehead atoms. The first-order valence-electron chi connectivity index (χ1n) is 3.86. The Hall–Kier alpha value is -0.870. The number of benzene rings is 1. The van der Waals surface area contributed by atoms with E-state index in [4.69, 9.17) is 0 Å². The molecule has 1 aromatic rings. The van der Waals surface area contributed by atoms with Crippen molar-refractivity contribution in [2.75, 3.05) is 0 Å². The topological polar surface area (TPSA) is 57.2 Å². The van der Waals surface area contributed by atoms with Crippen molar-refractivity contribution in [2.24, 2.45) is 0 Å². The fourth-order valence-electron chi connectivity index (χ4n) is 1.14. The summed E-state index contributed by atoms with van der Waals surface area (Å²) in [6.45, 7) is 5.47. The first-order chi connectivity index (χ1) is 5.82. The maximum atomic E-state index is 10.7. The summed E-state index contributed by atoms with van der Waals surface area (Å²) in [7, 11) is -4.31. The standard InChI is InChI=1S/C9H12O3S/c1-6-4-9(13(10,11)12)5-7(2)8(6)3/h4-5H,1-3H3,(H,10,11,12)/p-1. The summed E-state index contributed by atoms with van der Waals surface area (Å²) in [6, 6.07) is 2.81. The Labute approximate surface area is 78.2 Å². The van der Waals surface area contributed by atoms with Gasteiger partial charge >= 0.3 is 0 Å². The molecule has 72 valence electrons. The highest BCUT2D eigenvalue weighted by atomic mass is 32.2. The molecule has 0 amide bonds. The van der Waals surface area contributed by atoms with Crippen LogP contribution in [0.1, 0.15) is 16.7 Å². The molecule has 0 aliphatic heterocycles. The molecule has 0 saturated heterocycles. The Morgan fingerprint density at radius 1 is 1.08 bits per heavy atom. The molecule has 0 unspecified atom stereocenters. The molecule has 0 heterocycles. The van der Waals surface area contributed by atoms with Crippen molar-refractivity contribution >= 4 is 10.1 Å². The van der Waals surface area contributed by atoms with Crippen molar-refractivity contribution in [2.45, 2.75) is 25.7 Å². The minimum absolute atomic E-state index is 0.145. The van der Waals surface area contributed by atoms with Crippen LogP contribution in [0.3, 0.4) is 0 Å². The number of hydrogen-bond acceptors (Lipinski definition) is 3. The van der Waals surface area contributed by atoms with Gasteiger partial charge in [0.05, 0.1) is 4.90 Å². The highest BCUT2D eigenvalue weighted by molar-refractivity contribution is 7.85. The second-order valence-corrected chi connectivity index (χ2v) is 4.52. The highest BCUT2D eigenvalue weighted by Gasteiger charge is 2.05. The zero-order valence-corrected chi connectivity index (χ0v) is 8.60. The van der Waals surface area contributed by atoms with E-state index in [2.05, 4.69) is 0 Å². The Bertz CT molecular complexity index is 409. The molecule has 4 heteroatoms. The monoisotopic (exact) mass is 199 g/mol. The van der Waals surface area contributed by atoms with E-state index in [0.717, 1.165) is 16.7 Å². The van der Waals surface area contributed by atoms with Crippen molar-refractivity contribution in [3.63, 3.8) is 0 Å². The molecule has 0 aliphatic rings. The van der Waals surface area contributed by atoms with Crippen LogP contribution in [0.15, 0.2) is 17.0 Å². The van der Waals surface area contributed by atoms with Gasteiger partial charge in [0.1, 0.15) is 10.1 Å². The van der Waals surface area contributed by atoms with Crippen LogP contribution < -0.4 is 0 Å². The van der Waals surface area contributed by atoms with E-state index in [9.17, 15) is 13.0 Å². The fourth-order valence-corrected chi connectivity index (χ4v) is 1.78. The van der Waals surface area contributed by atoms with E-state index in [1.807, 2.05) is 6.92 Å². The summed E-state index contributed by atoms with van der Waals surface area (Å²) in [5, 5.41) is 0. The van der Waals surface area contributed by atoms with Crippen LogP contribution in [0.25, 0.3) is 0 Å². The zero-order chi connectivity index (χ0) is 10.2. The molecular weight excluding hydrogens is 188 g/mol. The van der Waals surface area contributed by atoms with Crippen LogP contribution in [0.4, 0.5) is 0 Å². The molecule has 0 radical (unpaired) electrons. The van der Waals surface area contributed by atoms with E-state index < -0.39 is 10.1 Å². The van der Waals surface area contributed by atoms with Crippen molar-refractivity contribution in [3.05, 3.63) is 28.8 Å². The lowest BCUT2D eigenvalue weighted by atomic mass is 10.1. The Morgan fingerprint density at radius 3 is 1.77 bits per heavy atom. The van der Waals surface area contributed by atoms with Crippen LogP contribution in [0, 0.1) is 20.8 Å². The van der Waals surface area contributed by atoms with Crippen LogP contribution in [-0.2, 0) is 10.1 Å². The quantitative estimate of drug-likeness (QED) is 0.644. The van der Waals surface area contributed by atoms with Crippen LogP contribution >= 0.6 is 0 Å². The van der Waals surface area contributed by atoms with E-state index >= 15 is 0 Å². The lowest BCUT2D eigenvalue weighted by molar-refractivity contribution is 0.463. The molecule has 3 nitrogen and oxygen atoms in total. The molecule has 0 spiro atoms. The molecule has 0 aliphatic carbocycles. The van der Waals surface area contributed by atoms with E-state index in [-0.39, 0.29) is 4.90 Å². The van der Waals surface area contributed by atoms with Crippen LogP contribution in [0.2, 0.25) is 0 Å². The average molecular weight is 199 g/mol. The molecule has 0 aromatic heterocycles. The first-order valence-corrected chi connectivity index (χ1v) is 5.27. The first kappa shape index (κ1) is 10.2. The van der Waals surface area contributed by atoms with Gasteiger partial charge in [0, 0.05) is 0 Å². The highest BCUT2D eigenvalue weighted by Crippen LogP contribution is 2.18. The maximum absolute atomic E-state index is 10.7. The minimum atomic E-state index is -4.31. The fraction of sp³-hybridized carbons (Fsp3) is 0.333. The smallest absolute Gasteiger partial charge is 0.124 e. The normalized spacial score (nSPS) is 11.7. The maximum Gasteiger partial charge on any atom is 0.124 e. The van der Waals surface area contributed by atoms with Crippen molar-refractivity contribution in [3.8, 4) is 0 Å². The van der Waals surface area contributed by atoms with Crippen molar-refractivity contribution < 1.29 is 13.0 Å². The largest absolute Gasteiger partial charge is 0.744 e. The summed E-state index contributed by atoms with van der Waals surface area (Å²) in [5.41, 5.74) is 2.68. The van der Waals surface area contributed by atoms with Gasteiger partial charge in [0.2, 0.25) is 0 Å². The molecular formula is C9H11O3S-. The van der Waals surface area contributed by atoms with E-state index in [1.165, 1.54) is 12.1 Å². The second-order valence-electron chi connectivity index (χ2n) is 3.14. The second kappa shape index (κ2) is 3.12. The van der Waals surface area contributed by atoms with Gasteiger partial charge < -0.3 is 4.55 Å². The third-order valence-electron chi connectivity index (χ3n) is 2.19. The van der Waals surface area contributed by atoms with Gasteiger partial charge in [0.25, 0.3) is 0 Å². The third kappa shape index (κ3) is 2.08. The van der Waals surface area contributed by atoms with Gasteiger partial charge in [-0.1, -0.05) is 0 Å². The molecule has 13 heavy (non-hydrogen) atoms. The predicted molar refractivity (Wildman–Crippen MR) is 48.6 cm³/mol. The van der Waals surface area contributed by atoms with Gasteiger partial charge in [0.15, 0.2) is 0 Å². The SMILES string of the molecule is Cc1cc(S(=O)(=O)[O-])cc(C)c1C. The lowest BCUT2D eigenvalue weighted by Gasteiger charge is -2.11. The molecule has 0 N–H and O–H groups in total. The van der Waals surface area contributed by atoms with Gasteiger partial charge in [-0.25, -0.2) is 8.42 Å². The molecule has 0 saturated carbocycles. The third-order valence-corrected chi connectivity index (χ3v) is 3.00. The Kier molecular flexibility index (Phi) is 2.45. The van der Waals surface area contributed by atoms with E-state index in [1.54, 1.807) is 13.8 Å². The van der Waals surface area contributed by atoms with Crippen molar-refractivity contribution in [1.82, 2.24) is 0 Å². The summed E-state index contributed by atoms with van der Waals surface area (Å²) in [6.07, 6.45) is 0. The average Bonchev–Trinajstić information content (AvgIpc) is 1.97.